The summed E-state index contributed by atoms with van der Waals surface area (Å²) in [6.45, 7) is 12.7. The van der Waals surface area contributed by atoms with Crippen LogP contribution in [0.15, 0.2) is 0 Å². The van der Waals surface area contributed by atoms with Gasteiger partial charge in [-0.25, -0.2) is 0 Å². The fraction of sp³-hybridized carbons (Fsp3) is 0.931. The second-order valence-corrected chi connectivity index (χ2v) is 13.5. The van der Waals surface area contributed by atoms with Crippen molar-refractivity contribution in [1.82, 2.24) is 4.90 Å². The Hall–Kier alpha value is -0.900. The minimum Gasteiger partial charge on any atom is -0.462 e. The first-order valence-electron chi connectivity index (χ1n) is 14.1. The summed E-state index contributed by atoms with van der Waals surface area (Å²) in [5.41, 5.74) is 0.508. The van der Waals surface area contributed by atoms with Crippen LogP contribution in [0.2, 0.25) is 0 Å². The summed E-state index contributed by atoms with van der Waals surface area (Å²) in [5, 5.41) is 0. The lowest BCUT2D eigenvalue weighted by Crippen LogP contribution is -2.54. The predicted octanol–water partition coefficient (Wildman–Crippen LogP) is 5.88. The van der Waals surface area contributed by atoms with Gasteiger partial charge in [-0.05, 0) is 92.3 Å². The molecule has 33 heavy (non-hydrogen) atoms. The van der Waals surface area contributed by atoms with Crippen LogP contribution >= 0.6 is 0 Å². The number of carbonyl (C=O) groups excluding carboxylic acids is 2. The van der Waals surface area contributed by atoms with Gasteiger partial charge < -0.3 is 9.64 Å². The molecule has 1 aliphatic heterocycles. The molecule has 0 aromatic rings. The standard InChI is InChI=1S/C29H47NO3/c1-19-15-20(2)18-30(17-19)14-11-27(32)33-26-8-7-24-23-6-5-21-16-22(31)9-12-28(21,3)25(23)10-13-29(24,26)4/h19-21,23-26H,5-18H2,1-4H3/t19-,20+,21-,23+,24+,25+,26-,28-,29-/m0/s1. The zero-order chi connectivity index (χ0) is 23.4. The van der Waals surface area contributed by atoms with Gasteiger partial charge in [0, 0.05) is 37.9 Å². The van der Waals surface area contributed by atoms with Crippen LogP contribution in [0.1, 0.15) is 98.3 Å². The van der Waals surface area contributed by atoms with Crippen molar-refractivity contribution in [3.63, 3.8) is 0 Å². The summed E-state index contributed by atoms with van der Waals surface area (Å²) in [6, 6.07) is 0. The van der Waals surface area contributed by atoms with Gasteiger partial charge in [-0.15, -0.1) is 0 Å². The monoisotopic (exact) mass is 457 g/mol. The molecule has 0 aromatic heterocycles. The van der Waals surface area contributed by atoms with Crippen LogP contribution in [0.5, 0.6) is 0 Å². The van der Waals surface area contributed by atoms with Crippen molar-refractivity contribution in [2.45, 2.75) is 104 Å². The summed E-state index contributed by atoms with van der Waals surface area (Å²) in [7, 11) is 0. The van der Waals surface area contributed by atoms with E-state index in [1.807, 2.05) is 0 Å². The van der Waals surface area contributed by atoms with Gasteiger partial charge >= 0.3 is 5.97 Å². The molecule has 9 atom stereocenters. The molecule has 4 nitrogen and oxygen atoms in total. The molecule has 5 rings (SSSR count). The molecule has 0 bridgehead atoms. The van der Waals surface area contributed by atoms with Gasteiger partial charge in [0.25, 0.3) is 0 Å². The van der Waals surface area contributed by atoms with Crippen LogP contribution in [-0.2, 0) is 14.3 Å². The van der Waals surface area contributed by atoms with Crippen molar-refractivity contribution in [2.75, 3.05) is 19.6 Å². The Kier molecular flexibility index (Phi) is 6.46. The fourth-order valence-corrected chi connectivity index (χ4v) is 9.63. The molecule has 0 radical (unpaired) electrons. The van der Waals surface area contributed by atoms with Crippen molar-refractivity contribution < 1.29 is 14.3 Å². The van der Waals surface area contributed by atoms with Crippen molar-refractivity contribution in [3.05, 3.63) is 0 Å². The maximum Gasteiger partial charge on any atom is 0.307 e. The normalized spacial score (nSPS) is 48.0. The van der Waals surface area contributed by atoms with Gasteiger partial charge in [0.1, 0.15) is 11.9 Å². The maximum atomic E-state index is 12.9. The molecule has 186 valence electrons. The molecule has 5 aliphatic rings. The summed E-state index contributed by atoms with van der Waals surface area (Å²) in [5.74, 6) is 4.81. The van der Waals surface area contributed by atoms with Gasteiger partial charge in [-0.1, -0.05) is 27.7 Å². The number of likely N-dealkylation sites (tertiary alicyclic amines) is 1. The third-order valence-corrected chi connectivity index (χ3v) is 11.2. The molecule has 0 unspecified atom stereocenters. The Labute approximate surface area is 201 Å². The van der Waals surface area contributed by atoms with E-state index in [9.17, 15) is 9.59 Å². The number of hydrogen-bond donors (Lipinski definition) is 0. The highest BCUT2D eigenvalue weighted by Crippen LogP contribution is 2.66. The first kappa shape index (κ1) is 23.8. The SMILES string of the molecule is C[C@@H]1C[C@H](C)CN(CCC(=O)O[C@H]2CC[C@@H]3[C@H]4CC[C@H]5CC(=O)CC[C@]5(C)[C@@H]4CC[C@]23C)C1. The van der Waals surface area contributed by atoms with E-state index in [0.717, 1.165) is 69.0 Å². The average molecular weight is 458 g/mol. The topological polar surface area (TPSA) is 46.6 Å². The second kappa shape index (κ2) is 8.95. The van der Waals surface area contributed by atoms with Crippen LogP contribution in [-0.4, -0.2) is 42.4 Å². The molecule has 4 aliphatic carbocycles. The molecule has 1 heterocycles. The highest BCUT2D eigenvalue weighted by molar-refractivity contribution is 5.79. The van der Waals surface area contributed by atoms with E-state index in [0.29, 0.717) is 29.5 Å². The number of nitrogens with zero attached hydrogens (tertiary/aromatic N) is 1. The number of rotatable bonds is 4. The molecule has 4 saturated carbocycles. The molecule has 5 fully saturated rings. The number of fused-ring (bicyclic) bond motifs is 5. The Bertz CT molecular complexity index is 756. The lowest BCUT2D eigenvalue weighted by atomic mass is 9.45. The Morgan fingerprint density at radius 1 is 0.970 bits per heavy atom. The smallest absolute Gasteiger partial charge is 0.307 e. The van der Waals surface area contributed by atoms with Gasteiger partial charge in [-0.2, -0.15) is 0 Å². The molecule has 4 heteroatoms. The third kappa shape index (κ3) is 4.32. The second-order valence-electron chi connectivity index (χ2n) is 13.5. The quantitative estimate of drug-likeness (QED) is 0.495. The number of Topliss-reactive ketones (excluding diaryl/α,β-unsaturated/α-hetero) is 1. The summed E-state index contributed by atoms with van der Waals surface area (Å²) in [4.78, 5) is 27.5. The van der Waals surface area contributed by atoms with Crippen molar-refractivity contribution >= 4 is 11.8 Å². The third-order valence-electron chi connectivity index (χ3n) is 11.2. The fourth-order valence-electron chi connectivity index (χ4n) is 9.63. The van der Waals surface area contributed by atoms with Gasteiger partial charge in [0.05, 0.1) is 6.42 Å². The predicted molar refractivity (Wildman–Crippen MR) is 131 cm³/mol. The van der Waals surface area contributed by atoms with E-state index in [4.69, 9.17) is 4.74 Å². The number of esters is 1. The van der Waals surface area contributed by atoms with Crippen molar-refractivity contribution in [2.24, 2.45) is 46.3 Å². The minimum absolute atomic E-state index is 0.0244. The largest absolute Gasteiger partial charge is 0.462 e. The zero-order valence-corrected chi connectivity index (χ0v) is 21.6. The summed E-state index contributed by atoms with van der Waals surface area (Å²) in [6.07, 6.45) is 11.9. The highest BCUT2D eigenvalue weighted by atomic mass is 16.5. The first-order valence-corrected chi connectivity index (χ1v) is 14.1. The van der Waals surface area contributed by atoms with Crippen LogP contribution in [0, 0.1) is 46.3 Å². The number of hydrogen-bond acceptors (Lipinski definition) is 4. The number of ketones is 1. The van der Waals surface area contributed by atoms with Crippen LogP contribution in [0.4, 0.5) is 0 Å². The molecule has 0 aromatic carbocycles. The summed E-state index contributed by atoms with van der Waals surface area (Å²) >= 11 is 0. The summed E-state index contributed by atoms with van der Waals surface area (Å²) < 4.78 is 6.24. The van der Waals surface area contributed by atoms with Gasteiger partial charge in [-0.3, -0.25) is 9.59 Å². The number of piperidine rings is 1. The van der Waals surface area contributed by atoms with Gasteiger partial charge in [0.15, 0.2) is 0 Å². The number of carbonyl (C=O) groups is 2. The van der Waals surface area contributed by atoms with E-state index in [-0.39, 0.29) is 17.5 Å². The van der Waals surface area contributed by atoms with E-state index in [1.165, 1.54) is 38.5 Å². The molecular weight excluding hydrogens is 410 g/mol. The van der Waals surface area contributed by atoms with Crippen LogP contribution in [0.25, 0.3) is 0 Å². The van der Waals surface area contributed by atoms with Crippen LogP contribution < -0.4 is 0 Å². The first-order chi connectivity index (χ1) is 15.7. The van der Waals surface area contributed by atoms with E-state index in [2.05, 4.69) is 32.6 Å². The minimum atomic E-state index is 0.0244. The average Bonchev–Trinajstić information content (AvgIpc) is 3.08. The van der Waals surface area contributed by atoms with Crippen molar-refractivity contribution in [1.29, 1.82) is 0 Å². The zero-order valence-electron chi connectivity index (χ0n) is 21.6. The van der Waals surface area contributed by atoms with Gasteiger partial charge in [0.2, 0.25) is 0 Å². The highest BCUT2D eigenvalue weighted by Gasteiger charge is 2.61. The van der Waals surface area contributed by atoms with E-state index in [1.54, 1.807) is 0 Å². The van der Waals surface area contributed by atoms with E-state index < -0.39 is 0 Å². The maximum absolute atomic E-state index is 12.9. The lowest BCUT2D eigenvalue weighted by molar-refractivity contribution is -0.164. The van der Waals surface area contributed by atoms with Crippen molar-refractivity contribution in [3.8, 4) is 0 Å². The van der Waals surface area contributed by atoms with E-state index >= 15 is 0 Å². The molecular formula is C29H47NO3. The molecule has 0 amide bonds. The lowest BCUT2D eigenvalue weighted by Gasteiger charge is -2.60. The molecule has 0 spiro atoms. The Balaban J connectivity index is 1.19. The molecule has 0 N–H and O–H groups in total. The Morgan fingerprint density at radius 3 is 2.45 bits per heavy atom. The van der Waals surface area contributed by atoms with Crippen LogP contribution in [0.3, 0.4) is 0 Å². The Morgan fingerprint density at radius 2 is 1.70 bits per heavy atom. The molecule has 1 saturated heterocycles. The number of ether oxygens (including phenoxy) is 1.